The Hall–Kier alpha value is -2.86. The summed E-state index contributed by atoms with van der Waals surface area (Å²) in [7, 11) is 0. The molecule has 2 amide bonds. The number of benzene rings is 2. The molecular formula is C20H22N2O4. The molecule has 2 N–H and O–H groups in total. The minimum Gasteiger partial charge on any atom is -0.445 e. The van der Waals surface area contributed by atoms with Crippen molar-refractivity contribution in [3.63, 3.8) is 0 Å². The van der Waals surface area contributed by atoms with Gasteiger partial charge in [-0.05, 0) is 24.6 Å². The van der Waals surface area contributed by atoms with E-state index in [0.717, 1.165) is 11.1 Å². The molecule has 1 aliphatic rings. The minimum absolute atomic E-state index is 0.0829. The van der Waals surface area contributed by atoms with E-state index in [2.05, 4.69) is 5.32 Å². The monoisotopic (exact) mass is 354 g/mol. The van der Waals surface area contributed by atoms with Crippen LogP contribution in [0, 0.1) is 6.92 Å². The van der Waals surface area contributed by atoms with Crippen molar-refractivity contribution in [1.82, 2.24) is 4.90 Å². The number of ether oxygens (including phenoxy) is 1. The number of hydrogen-bond acceptors (Lipinski definition) is 4. The number of likely N-dealkylation sites (tertiary alicyclic amines) is 1. The van der Waals surface area contributed by atoms with Gasteiger partial charge in [-0.1, -0.05) is 48.0 Å². The largest absolute Gasteiger partial charge is 0.445 e. The average Bonchev–Trinajstić information content (AvgIpc) is 3.04. The smallest absolute Gasteiger partial charge is 0.410 e. The van der Waals surface area contributed by atoms with Gasteiger partial charge >= 0.3 is 6.09 Å². The summed E-state index contributed by atoms with van der Waals surface area (Å²) >= 11 is 0. The number of rotatable bonds is 4. The fraction of sp³-hybridized carbons (Fsp3) is 0.300. The molecular weight excluding hydrogens is 332 g/mol. The van der Waals surface area contributed by atoms with E-state index in [1.54, 1.807) is 12.1 Å². The molecule has 0 spiro atoms. The number of anilines is 1. The first-order valence-corrected chi connectivity index (χ1v) is 8.56. The Kier molecular flexibility index (Phi) is 5.53. The highest BCUT2D eigenvalue weighted by atomic mass is 16.6. The highest BCUT2D eigenvalue weighted by molar-refractivity contribution is 5.97. The number of amides is 2. The predicted molar refractivity (Wildman–Crippen MR) is 97.6 cm³/mol. The van der Waals surface area contributed by atoms with Crippen molar-refractivity contribution in [2.75, 3.05) is 11.9 Å². The van der Waals surface area contributed by atoms with Crippen LogP contribution in [0.3, 0.4) is 0 Å². The van der Waals surface area contributed by atoms with Gasteiger partial charge in [0.2, 0.25) is 5.91 Å². The summed E-state index contributed by atoms with van der Waals surface area (Å²) in [4.78, 5) is 26.2. The maximum Gasteiger partial charge on any atom is 0.410 e. The Morgan fingerprint density at radius 3 is 2.54 bits per heavy atom. The van der Waals surface area contributed by atoms with E-state index in [0.29, 0.717) is 5.69 Å². The van der Waals surface area contributed by atoms with Crippen LogP contribution in [0.5, 0.6) is 0 Å². The Morgan fingerprint density at radius 1 is 1.15 bits per heavy atom. The number of hydrogen-bond donors (Lipinski definition) is 2. The van der Waals surface area contributed by atoms with Crippen molar-refractivity contribution in [2.45, 2.75) is 32.1 Å². The number of carbonyl (C=O) groups excluding carboxylic acids is 2. The zero-order chi connectivity index (χ0) is 18.5. The van der Waals surface area contributed by atoms with Crippen LogP contribution >= 0.6 is 0 Å². The lowest BCUT2D eigenvalue weighted by molar-refractivity contribution is -0.120. The van der Waals surface area contributed by atoms with Crippen LogP contribution in [-0.2, 0) is 16.1 Å². The molecule has 0 bridgehead atoms. The van der Waals surface area contributed by atoms with Crippen LogP contribution in [0.15, 0.2) is 54.6 Å². The molecule has 1 fully saturated rings. The first-order valence-electron chi connectivity index (χ1n) is 8.56. The second-order valence-electron chi connectivity index (χ2n) is 6.45. The van der Waals surface area contributed by atoms with Crippen LogP contribution in [0.2, 0.25) is 0 Å². The van der Waals surface area contributed by atoms with Gasteiger partial charge in [-0.15, -0.1) is 0 Å². The van der Waals surface area contributed by atoms with E-state index in [1.165, 1.54) is 4.90 Å². The second kappa shape index (κ2) is 8.01. The summed E-state index contributed by atoms with van der Waals surface area (Å²) < 4.78 is 5.30. The summed E-state index contributed by atoms with van der Waals surface area (Å²) in [5.74, 6) is -0.331. The van der Waals surface area contributed by atoms with Gasteiger partial charge in [0, 0.05) is 12.1 Å². The van der Waals surface area contributed by atoms with Gasteiger partial charge in [0.25, 0.3) is 0 Å². The third-order valence-electron chi connectivity index (χ3n) is 4.34. The van der Waals surface area contributed by atoms with Crippen LogP contribution in [0.1, 0.15) is 17.5 Å². The van der Waals surface area contributed by atoms with Gasteiger partial charge in [0.15, 0.2) is 0 Å². The topological polar surface area (TPSA) is 78.9 Å². The van der Waals surface area contributed by atoms with E-state index >= 15 is 0 Å². The zero-order valence-electron chi connectivity index (χ0n) is 14.6. The molecule has 1 aliphatic heterocycles. The van der Waals surface area contributed by atoms with E-state index < -0.39 is 18.2 Å². The van der Waals surface area contributed by atoms with Crippen molar-refractivity contribution in [1.29, 1.82) is 0 Å². The molecule has 1 saturated heterocycles. The van der Waals surface area contributed by atoms with Crippen LogP contribution in [-0.4, -0.2) is 40.7 Å². The number of β-amino-alcohol motifs (C(OH)–C–C–N with tert-alkyl or cyclic N) is 1. The van der Waals surface area contributed by atoms with Crippen molar-refractivity contribution < 1.29 is 19.4 Å². The molecule has 6 heteroatoms. The molecule has 2 aromatic carbocycles. The molecule has 0 unspecified atom stereocenters. The molecule has 136 valence electrons. The van der Waals surface area contributed by atoms with Crippen LogP contribution in [0.25, 0.3) is 0 Å². The number of nitrogens with zero attached hydrogens (tertiary/aromatic N) is 1. The third-order valence-corrected chi connectivity index (χ3v) is 4.34. The number of aliphatic hydroxyl groups is 1. The summed E-state index contributed by atoms with van der Waals surface area (Å²) in [5.41, 5.74) is 2.60. The molecule has 0 aliphatic carbocycles. The maximum atomic E-state index is 12.6. The summed E-state index contributed by atoms with van der Waals surface area (Å²) in [6.45, 7) is 2.17. The molecule has 0 aromatic heterocycles. The van der Waals surface area contributed by atoms with Crippen molar-refractivity contribution in [3.8, 4) is 0 Å². The maximum absolute atomic E-state index is 12.6. The van der Waals surface area contributed by atoms with Crippen molar-refractivity contribution >= 4 is 17.7 Å². The first kappa shape index (κ1) is 17.9. The van der Waals surface area contributed by atoms with Gasteiger partial charge in [0.1, 0.15) is 12.6 Å². The molecule has 2 atom stereocenters. The van der Waals surface area contributed by atoms with E-state index in [9.17, 15) is 14.7 Å². The van der Waals surface area contributed by atoms with Crippen molar-refractivity contribution in [2.24, 2.45) is 0 Å². The SMILES string of the molecule is Cc1ccc(NC(=O)[C@@H]2C[C@@H](O)CN2C(=O)OCc2ccccc2)cc1. The molecule has 0 radical (unpaired) electrons. The molecule has 6 nitrogen and oxygen atoms in total. The zero-order valence-corrected chi connectivity index (χ0v) is 14.6. The minimum atomic E-state index is -0.755. The van der Waals surface area contributed by atoms with E-state index in [1.807, 2.05) is 49.4 Å². The first-order chi connectivity index (χ1) is 12.5. The normalized spacial score (nSPS) is 19.2. The molecule has 26 heavy (non-hydrogen) atoms. The van der Waals surface area contributed by atoms with Crippen LogP contribution < -0.4 is 5.32 Å². The fourth-order valence-corrected chi connectivity index (χ4v) is 2.93. The van der Waals surface area contributed by atoms with Gasteiger partial charge in [-0.25, -0.2) is 4.79 Å². The Balaban J connectivity index is 1.62. The van der Waals surface area contributed by atoms with E-state index in [-0.39, 0.29) is 25.5 Å². The Morgan fingerprint density at radius 2 is 1.85 bits per heavy atom. The average molecular weight is 354 g/mol. The lowest BCUT2D eigenvalue weighted by atomic mass is 10.1. The van der Waals surface area contributed by atoms with Gasteiger partial charge < -0.3 is 15.2 Å². The Bertz CT molecular complexity index is 761. The van der Waals surface area contributed by atoms with Gasteiger partial charge in [-0.3, -0.25) is 9.69 Å². The van der Waals surface area contributed by atoms with Gasteiger partial charge in [-0.2, -0.15) is 0 Å². The Labute approximate surface area is 152 Å². The van der Waals surface area contributed by atoms with Crippen molar-refractivity contribution in [3.05, 3.63) is 65.7 Å². The number of nitrogens with one attached hydrogen (secondary N) is 1. The lowest BCUT2D eigenvalue weighted by Gasteiger charge is -2.23. The summed E-state index contributed by atoms with van der Waals surface area (Å²) in [6.07, 6.45) is -1.15. The standard InChI is InChI=1S/C20H22N2O4/c1-14-7-9-16(10-8-14)21-19(24)18-11-17(23)12-22(18)20(25)26-13-15-5-3-2-4-6-15/h2-10,17-18,23H,11-13H2,1H3,(H,21,24)/t17-,18+/m1/s1. The predicted octanol–water partition coefficient (Wildman–Crippen LogP) is 2.71. The number of aryl methyl sites for hydroxylation is 1. The number of carbonyl (C=O) groups is 2. The molecule has 3 rings (SSSR count). The van der Waals surface area contributed by atoms with E-state index in [4.69, 9.17) is 4.74 Å². The second-order valence-corrected chi connectivity index (χ2v) is 6.45. The molecule has 1 heterocycles. The summed E-state index contributed by atoms with van der Waals surface area (Å²) in [6, 6.07) is 16.0. The number of aliphatic hydroxyl groups excluding tert-OH is 1. The van der Waals surface area contributed by atoms with Gasteiger partial charge in [0.05, 0.1) is 12.6 Å². The summed E-state index contributed by atoms with van der Waals surface area (Å²) in [5, 5.41) is 12.7. The quantitative estimate of drug-likeness (QED) is 0.885. The third kappa shape index (κ3) is 4.40. The highest BCUT2D eigenvalue weighted by Gasteiger charge is 2.39. The van der Waals surface area contributed by atoms with Crippen LogP contribution in [0.4, 0.5) is 10.5 Å². The molecule has 2 aromatic rings. The highest BCUT2D eigenvalue weighted by Crippen LogP contribution is 2.21. The fourth-order valence-electron chi connectivity index (χ4n) is 2.93. The molecule has 0 saturated carbocycles. The lowest BCUT2D eigenvalue weighted by Crippen LogP contribution is -2.43.